The Morgan fingerprint density at radius 3 is 2.54 bits per heavy atom. The SMILES string of the molecule is C/C=C\C(=C/c1ncc(-c2cc(OC)c(C(=O)NC3CC3)c(OC(F)F)c2)[nH]1)C(C)(C)C(=O)CC. The molecule has 1 heterocycles. The van der Waals surface area contributed by atoms with Gasteiger partial charge in [-0.1, -0.05) is 19.1 Å². The molecule has 7 nitrogen and oxygen atoms in total. The zero-order valence-electron chi connectivity index (χ0n) is 20.6. The number of imidazole rings is 1. The van der Waals surface area contributed by atoms with Gasteiger partial charge in [-0.05, 0) is 57.4 Å². The van der Waals surface area contributed by atoms with Crippen molar-refractivity contribution in [3.05, 3.63) is 47.4 Å². The van der Waals surface area contributed by atoms with Gasteiger partial charge in [0.2, 0.25) is 0 Å². The predicted molar refractivity (Wildman–Crippen MR) is 130 cm³/mol. The summed E-state index contributed by atoms with van der Waals surface area (Å²) in [5.41, 5.74) is 0.926. The summed E-state index contributed by atoms with van der Waals surface area (Å²) in [6.07, 6.45) is 9.12. The molecular weight excluding hydrogens is 456 g/mol. The van der Waals surface area contributed by atoms with Crippen molar-refractivity contribution < 1.29 is 27.8 Å². The van der Waals surface area contributed by atoms with Crippen molar-refractivity contribution in [2.75, 3.05) is 7.11 Å². The molecule has 1 fully saturated rings. The highest BCUT2D eigenvalue weighted by Crippen LogP contribution is 2.37. The van der Waals surface area contributed by atoms with E-state index in [1.807, 2.05) is 39.8 Å². The fourth-order valence-electron chi connectivity index (χ4n) is 3.73. The molecule has 35 heavy (non-hydrogen) atoms. The Hall–Kier alpha value is -3.49. The summed E-state index contributed by atoms with van der Waals surface area (Å²) in [4.78, 5) is 32.7. The van der Waals surface area contributed by atoms with Crippen LogP contribution in [-0.2, 0) is 4.79 Å². The summed E-state index contributed by atoms with van der Waals surface area (Å²) in [5, 5.41) is 2.78. The number of aromatic amines is 1. The summed E-state index contributed by atoms with van der Waals surface area (Å²) in [6.45, 7) is 4.29. The third kappa shape index (κ3) is 6.15. The maximum Gasteiger partial charge on any atom is 0.387 e. The number of aromatic nitrogens is 2. The number of nitrogens with zero attached hydrogens (tertiary/aromatic N) is 1. The van der Waals surface area contributed by atoms with Gasteiger partial charge in [0, 0.05) is 23.4 Å². The Morgan fingerprint density at radius 1 is 1.29 bits per heavy atom. The van der Waals surface area contributed by atoms with Crippen LogP contribution in [0, 0.1) is 5.41 Å². The zero-order valence-corrected chi connectivity index (χ0v) is 20.6. The lowest BCUT2D eigenvalue weighted by Crippen LogP contribution is -2.26. The maximum atomic E-state index is 13.2. The van der Waals surface area contributed by atoms with Gasteiger partial charge in [-0.3, -0.25) is 9.59 Å². The van der Waals surface area contributed by atoms with Crippen LogP contribution in [0.4, 0.5) is 8.78 Å². The van der Waals surface area contributed by atoms with Crippen molar-refractivity contribution in [2.24, 2.45) is 5.41 Å². The molecular formula is C26H31F2N3O4. The van der Waals surface area contributed by atoms with Crippen LogP contribution >= 0.6 is 0 Å². The Bertz CT molecular complexity index is 1150. The van der Waals surface area contributed by atoms with E-state index in [-0.39, 0.29) is 28.9 Å². The molecule has 9 heteroatoms. The summed E-state index contributed by atoms with van der Waals surface area (Å²) in [5.74, 6) is -0.141. The molecule has 0 spiro atoms. The molecule has 1 aliphatic rings. The molecule has 3 rings (SSSR count). The standard InChI is InChI=1S/C26H31F2N3O4/c1-6-8-16(26(3,4)21(32)7-2)13-22-29-14-18(31-22)15-11-19(34-5)23(20(12-15)35-25(27)28)24(33)30-17-9-10-17/h6,8,11-14,17,25H,7,9-10H2,1-5H3,(H,29,31)(H,30,33)/b8-6-,16-13+. The monoisotopic (exact) mass is 487 g/mol. The second-order valence-electron chi connectivity index (χ2n) is 8.86. The van der Waals surface area contributed by atoms with Crippen molar-refractivity contribution in [2.45, 2.75) is 59.6 Å². The minimum absolute atomic E-state index is 0.0310. The van der Waals surface area contributed by atoms with E-state index in [1.54, 1.807) is 18.3 Å². The lowest BCUT2D eigenvalue weighted by Gasteiger charge is -2.24. The second kappa shape index (κ2) is 10.8. The number of nitrogens with one attached hydrogen (secondary N) is 2. The highest BCUT2D eigenvalue weighted by atomic mass is 19.3. The molecule has 2 aromatic rings. The second-order valence-corrected chi connectivity index (χ2v) is 8.86. The van der Waals surface area contributed by atoms with Gasteiger partial charge in [-0.2, -0.15) is 8.78 Å². The highest BCUT2D eigenvalue weighted by Gasteiger charge is 2.30. The Balaban J connectivity index is 2.02. The first-order chi connectivity index (χ1) is 16.6. The predicted octanol–water partition coefficient (Wildman–Crippen LogP) is 5.54. The first-order valence-electron chi connectivity index (χ1n) is 11.5. The van der Waals surface area contributed by atoms with Crippen LogP contribution in [-0.4, -0.2) is 41.4 Å². The molecule has 1 aromatic heterocycles. The molecule has 0 radical (unpaired) electrons. The van der Waals surface area contributed by atoms with Crippen molar-refractivity contribution in [3.8, 4) is 22.8 Å². The molecule has 1 amide bonds. The van der Waals surface area contributed by atoms with Crippen LogP contribution in [0.2, 0.25) is 0 Å². The van der Waals surface area contributed by atoms with Gasteiger partial charge in [0.1, 0.15) is 28.7 Å². The number of allylic oxidation sites excluding steroid dienone is 3. The number of amides is 1. The molecule has 1 aliphatic carbocycles. The molecule has 0 aliphatic heterocycles. The average molecular weight is 488 g/mol. The number of ketones is 1. The third-order valence-corrected chi connectivity index (χ3v) is 5.93. The summed E-state index contributed by atoms with van der Waals surface area (Å²) in [7, 11) is 1.36. The molecule has 1 aromatic carbocycles. The average Bonchev–Trinajstić information content (AvgIpc) is 3.50. The number of Topliss-reactive ketones (excluding diaryl/α,β-unsaturated/α-hetero) is 1. The van der Waals surface area contributed by atoms with E-state index in [4.69, 9.17) is 9.47 Å². The van der Waals surface area contributed by atoms with Gasteiger partial charge in [0.15, 0.2) is 0 Å². The molecule has 188 valence electrons. The number of alkyl halides is 2. The van der Waals surface area contributed by atoms with Crippen LogP contribution in [0.1, 0.15) is 63.1 Å². The third-order valence-electron chi connectivity index (χ3n) is 5.93. The van der Waals surface area contributed by atoms with Crippen molar-refractivity contribution in [1.82, 2.24) is 15.3 Å². The largest absolute Gasteiger partial charge is 0.496 e. The van der Waals surface area contributed by atoms with Crippen molar-refractivity contribution >= 4 is 17.8 Å². The van der Waals surface area contributed by atoms with E-state index in [0.717, 1.165) is 18.4 Å². The maximum absolute atomic E-state index is 13.2. The van der Waals surface area contributed by atoms with E-state index in [0.29, 0.717) is 23.5 Å². The zero-order chi connectivity index (χ0) is 25.8. The number of ether oxygens (including phenoxy) is 2. The number of carbonyl (C=O) groups excluding carboxylic acids is 2. The van der Waals surface area contributed by atoms with Crippen LogP contribution in [0.25, 0.3) is 17.3 Å². The summed E-state index contributed by atoms with van der Waals surface area (Å²) in [6, 6.07) is 2.96. The van der Waals surface area contributed by atoms with Gasteiger partial charge < -0.3 is 19.8 Å². The smallest absolute Gasteiger partial charge is 0.387 e. The van der Waals surface area contributed by atoms with E-state index < -0.39 is 17.9 Å². The summed E-state index contributed by atoms with van der Waals surface area (Å²) < 4.78 is 36.4. The van der Waals surface area contributed by atoms with Gasteiger partial charge in [-0.25, -0.2) is 4.98 Å². The topological polar surface area (TPSA) is 93.3 Å². The van der Waals surface area contributed by atoms with Gasteiger partial charge >= 0.3 is 6.61 Å². The number of carbonyl (C=O) groups is 2. The van der Waals surface area contributed by atoms with Crippen LogP contribution < -0.4 is 14.8 Å². The van der Waals surface area contributed by atoms with Crippen LogP contribution in [0.5, 0.6) is 11.5 Å². The fraction of sp³-hybridized carbons (Fsp3) is 0.423. The molecule has 1 saturated carbocycles. The molecule has 2 N–H and O–H groups in total. The lowest BCUT2D eigenvalue weighted by molar-refractivity contribution is -0.124. The Labute approximate surface area is 203 Å². The van der Waals surface area contributed by atoms with E-state index in [9.17, 15) is 18.4 Å². The van der Waals surface area contributed by atoms with Crippen molar-refractivity contribution in [3.63, 3.8) is 0 Å². The minimum Gasteiger partial charge on any atom is -0.496 e. The van der Waals surface area contributed by atoms with Gasteiger partial charge in [-0.15, -0.1) is 0 Å². The number of hydrogen-bond donors (Lipinski definition) is 2. The summed E-state index contributed by atoms with van der Waals surface area (Å²) >= 11 is 0. The van der Waals surface area contributed by atoms with Crippen molar-refractivity contribution in [1.29, 1.82) is 0 Å². The van der Waals surface area contributed by atoms with E-state index in [2.05, 4.69) is 15.3 Å². The lowest BCUT2D eigenvalue weighted by atomic mass is 9.78. The highest BCUT2D eigenvalue weighted by molar-refractivity contribution is 6.01. The molecule has 0 saturated heterocycles. The minimum atomic E-state index is -3.12. The normalized spacial score (nSPS) is 14.5. The van der Waals surface area contributed by atoms with Gasteiger partial charge in [0.05, 0.1) is 19.0 Å². The quantitative estimate of drug-likeness (QED) is 0.406. The number of methoxy groups -OCH3 is 1. The first-order valence-corrected chi connectivity index (χ1v) is 11.5. The number of rotatable bonds is 11. The Morgan fingerprint density at radius 2 is 1.97 bits per heavy atom. The van der Waals surface area contributed by atoms with Crippen LogP contribution in [0.15, 0.2) is 36.1 Å². The van der Waals surface area contributed by atoms with Crippen LogP contribution in [0.3, 0.4) is 0 Å². The number of H-pyrrole nitrogens is 1. The number of halogens is 2. The van der Waals surface area contributed by atoms with E-state index in [1.165, 1.54) is 13.2 Å². The van der Waals surface area contributed by atoms with Gasteiger partial charge in [0.25, 0.3) is 5.91 Å². The molecule has 0 unspecified atom stereocenters. The fourth-order valence-corrected chi connectivity index (χ4v) is 3.73. The number of hydrogen-bond acceptors (Lipinski definition) is 5. The van der Waals surface area contributed by atoms with E-state index >= 15 is 0 Å². The molecule has 0 bridgehead atoms. The first kappa shape index (κ1) is 26.1. The molecule has 0 atom stereocenters. The number of benzene rings is 1. The Kier molecular flexibility index (Phi) is 8.09.